The van der Waals surface area contributed by atoms with E-state index in [1.54, 1.807) is 0 Å². The van der Waals surface area contributed by atoms with E-state index in [4.69, 9.17) is 34.0 Å². The minimum atomic E-state index is 0.406. The van der Waals surface area contributed by atoms with Gasteiger partial charge in [0.15, 0.2) is 5.65 Å². The van der Waals surface area contributed by atoms with Gasteiger partial charge in [-0.1, -0.05) is 29.3 Å². The first-order valence-corrected chi connectivity index (χ1v) is 9.59. The van der Waals surface area contributed by atoms with Gasteiger partial charge in [-0.2, -0.15) is 5.10 Å². The molecule has 0 spiro atoms. The van der Waals surface area contributed by atoms with E-state index in [1.807, 2.05) is 35.1 Å². The first-order valence-electron chi connectivity index (χ1n) is 8.83. The minimum Gasteiger partial charge on any atom is -0.329 e. The van der Waals surface area contributed by atoms with Crippen molar-refractivity contribution in [2.75, 3.05) is 19.6 Å². The average molecular weight is 390 g/mol. The molecule has 0 radical (unpaired) electrons. The molecule has 2 aromatic heterocycles. The van der Waals surface area contributed by atoms with Crippen LogP contribution in [0.3, 0.4) is 0 Å². The second-order valence-corrected chi connectivity index (χ2v) is 7.56. The van der Waals surface area contributed by atoms with Gasteiger partial charge in [0, 0.05) is 37.1 Å². The van der Waals surface area contributed by atoms with Crippen LogP contribution in [0.2, 0.25) is 10.0 Å². The fourth-order valence-electron chi connectivity index (χ4n) is 3.71. The van der Waals surface area contributed by atoms with Gasteiger partial charge in [0.2, 0.25) is 0 Å². The number of rotatable bonds is 5. The van der Waals surface area contributed by atoms with E-state index in [0.717, 1.165) is 42.8 Å². The average Bonchev–Trinajstić information content (AvgIpc) is 3.24. The molecule has 1 atom stereocenters. The zero-order valence-corrected chi connectivity index (χ0v) is 15.9. The summed E-state index contributed by atoms with van der Waals surface area (Å²) in [5, 5.41) is 7.18. The van der Waals surface area contributed by atoms with Crippen molar-refractivity contribution in [2.45, 2.75) is 25.4 Å². The maximum atomic E-state index is 6.14. The van der Waals surface area contributed by atoms with Gasteiger partial charge in [-0.05, 0) is 42.8 Å². The number of nitrogens with zero attached hydrogens (tertiary/aromatic N) is 4. The molecule has 3 heterocycles. The van der Waals surface area contributed by atoms with Crippen molar-refractivity contribution >= 4 is 34.2 Å². The van der Waals surface area contributed by atoms with Gasteiger partial charge in [-0.3, -0.25) is 4.90 Å². The van der Waals surface area contributed by atoms with Crippen LogP contribution in [-0.4, -0.2) is 39.3 Å². The lowest BCUT2D eigenvalue weighted by Crippen LogP contribution is -2.20. The number of fused-ring (bicyclic) bond motifs is 1. The van der Waals surface area contributed by atoms with E-state index < -0.39 is 0 Å². The molecule has 136 valence electrons. The Balaban J connectivity index is 1.53. The van der Waals surface area contributed by atoms with Gasteiger partial charge in [0.25, 0.3) is 0 Å². The third-order valence-electron chi connectivity index (χ3n) is 4.93. The molecule has 0 amide bonds. The van der Waals surface area contributed by atoms with E-state index in [0.29, 0.717) is 29.1 Å². The summed E-state index contributed by atoms with van der Waals surface area (Å²) in [5.74, 6) is 0.406. The standard InChI is InChI=1S/C19H21Cl2N5/c20-16-4-3-13(10-17(16)21)11-25-8-5-14(12-25)18-15-2-1-7-23-19(15)26(24-18)9-6-22/h1-4,7,10,14H,5-6,8-9,11-12,22H2. The molecule has 4 rings (SSSR count). The van der Waals surface area contributed by atoms with Crippen LogP contribution in [0.1, 0.15) is 23.6 Å². The first-order chi connectivity index (χ1) is 12.7. The molecule has 3 aromatic rings. The van der Waals surface area contributed by atoms with Crippen LogP contribution in [0.5, 0.6) is 0 Å². The smallest absolute Gasteiger partial charge is 0.158 e. The Labute approximate surface area is 162 Å². The molecule has 1 aliphatic rings. The Morgan fingerprint density at radius 2 is 2.08 bits per heavy atom. The Kier molecular flexibility index (Phi) is 5.14. The molecule has 0 aliphatic carbocycles. The molecule has 5 nitrogen and oxygen atoms in total. The van der Waals surface area contributed by atoms with E-state index in [-0.39, 0.29) is 0 Å². The number of nitrogens with two attached hydrogens (primary N) is 1. The zero-order chi connectivity index (χ0) is 18.1. The number of halogens is 2. The van der Waals surface area contributed by atoms with Crippen molar-refractivity contribution in [3.8, 4) is 0 Å². The number of likely N-dealkylation sites (tertiary alicyclic amines) is 1. The zero-order valence-electron chi connectivity index (χ0n) is 14.4. The molecule has 1 aliphatic heterocycles. The summed E-state index contributed by atoms with van der Waals surface area (Å²) >= 11 is 12.2. The molecule has 2 N–H and O–H groups in total. The van der Waals surface area contributed by atoms with Crippen LogP contribution >= 0.6 is 23.2 Å². The van der Waals surface area contributed by atoms with Crippen molar-refractivity contribution < 1.29 is 0 Å². The summed E-state index contributed by atoms with van der Waals surface area (Å²) in [6, 6.07) is 9.94. The highest BCUT2D eigenvalue weighted by atomic mass is 35.5. The molecule has 1 fully saturated rings. The van der Waals surface area contributed by atoms with Crippen LogP contribution in [-0.2, 0) is 13.1 Å². The highest BCUT2D eigenvalue weighted by Gasteiger charge is 2.28. The molecular weight excluding hydrogens is 369 g/mol. The summed E-state index contributed by atoms with van der Waals surface area (Å²) in [6.07, 6.45) is 2.90. The van der Waals surface area contributed by atoms with E-state index >= 15 is 0 Å². The van der Waals surface area contributed by atoms with Crippen molar-refractivity contribution in [1.29, 1.82) is 0 Å². The van der Waals surface area contributed by atoms with Gasteiger partial charge in [0.1, 0.15) is 0 Å². The Hall–Kier alpha value is -1.66. The summed E-state index contributed by atoms with van der Waals surface area (Å²) in [6.45, 7) is 4.13. The summed E-state index contributed by atoms with van der Waals surface area (Å²) in [4.78, 5) is 6.94. The van der Waals surface area contributed by atoms with E-state index in [1.165, 1.54) is 5.56 Å². The molecule has 1 saturated heterocycles. The largest absolute Gasteiger partial charge is 0.329 e. The maximum absolute atomic E-state index is 6.14. The van der Waals surface area contributed by atoms with Crippen molar-refractivity contribution in [1.82, 2.24) is 19.7 Å². The van der Waals surface area contributed by atoms with E-state index in [2.05, 4.69) is 16.0 Å². The van der Waals surface area contributed by atoms with Crippen LogP contribution in [0.25, 0.3) is 11.0 Å². The lowest BCUT2D eigenvalue weighted by molar-refractivity contribution is 0.326. The van der Waals surface area contributed by atoms with Crippen LogP contribution < -0.4 is 5.73 Å². The number of hydrogen-bond donors (Lipinski definition) is 1. The summed E-state index contributed by atoms with van der Waals surface area (Å²) in [5.41, 5.74) is 8.97. The lowest BCUT2D eigenvalue weighted by atomic mass is 10.0. The third-order valence-corrected chi connectivity index (χ3v) is 5.66. The first kappa shape index (κ1) is 17.7. The number of aromatic nitrogens is 3. The molecule has 7 heteroatoms. The third kappa shape index (κ3) is 3.45. The van der Waals surface area contributed by atoms with Gasteiger partial charge < -0.3 is 5.73 Å². The molecule has 26 heavy (non-hydrogen) atoms. The van der Waals surface area contributed by atoms with Crippen LogP contribution in [0.4, 0.5) is 0 Å². The molecule has 0 bridgehead atoms. The number of hydrogen-bond acceptors (Lipinski definition) is 4. The van der Waals surface area contributed by atoms with Gasteiger partial charge in [0.05, 0.1) is 22.3 Å². The second kappa shape index (κ2) is 7.53. The predicted octanol–water partition coefficient (Wildman–Crippen LogP) is 3.69. The van der Waals surface area contributed by atoms with Gasteiger partial charge >= 0.3 is 0 Å². The quantitative estimate of drug-likeness (QED) is 0.722. The maximum Gasteiger partial charge on any atom is 0.158 e. The number of pyridine rings is 1. The topological polar surface area (TPSA) is 60.0 Å². The fourth-order valence-corrected chi connectivity index (χ4v) is 4.03. The summed E-state index contributed by atoms with van der Waals surface area (Å²) in [7, 11) is 0. The second-order valence-electron chi connectivity index (χ2n) is 6.74. The Bertz CT molecular complexity index is 923. The highest BCUT2D eigenvalue weighted by molar-refractivity contribution is 6.42. The molecule has 0 saturated carbocycles. The minimum absolute atomic E-state index is 0.406. The van der Waals surface area contributed by atoms with Crippen molar-refractivity contribution in [3.63, 3.8) is 0 Å². The SMILES string of the molecule is NCCn1nc(C2CCN(Cc3ccc(Cl)c(Cl)c3)C2)c2cccnc21. The highest BCUT2D eigenvalue weighted by Crippen LogP contribution is 2.32. The normalized spacial score (nSPS) is 18.0. The van der Waals surface area contributed by atoms with Gasteiger partial charge in [-0.25, -0.2) is 9.67 Å². The number of benzene rings is 1. The summed E-state index contributed by atoms with van der Waals surface area (Å²) < 4.78 is 1.94. The van der Waals surface area contributed by atoms with Crippen molar-refractivity contribution in [3.05, 3.63) is 57.8 Å². The Morgan fingerprint density at radius 1 is 1.19 bits per heavy atom. The van der Waals surface area contributed by atoms with Crippen molar-refractivity contribution in [2.24, 2.45) is 5.73 Å². The van der Waals surface area contributed by atoms with E-state index in [9.17, 15) is 0 Å². The molecule has 1 aromatic carbocycles. The van der Waals surface area contributed by atoms with Crippen LogP contribution in [0.15, 0.2) is 36.5 Å². The molecular formula is C19H21Cl2N5. The monoisotopic (exact) mass is 389 g/mol. The van der Waals surface area contributed by atoms with Crippen LogP contribution in [0, 0.1) is 0 Å². The Morgan fingerprint density at radius 3 is 2.88 bits per heavy atom. The lowest BCUT2D eigenvalue weighted by Gasteiger charge is -2.16. The van der Waals surface area contributed by atoms with Gasteiger partial charge in [-0.15, -0.1) is 0 Å². The molecule has 1 unspecified atom stereocenters. The predicted molar refractivity (Wildman–Crippen MR) is 106 cm³/mol. The fraction of sp³-hybridized carbons (Fsp3) is 0.368.